The van der Waals surface area contributed by atoms with Crippen molar-refractivity contribution in [2.45, 2.75) is 48.6 Å². The van der Waals surface area contributed by atoms with E-state index in [-0.39, 0.29) is 30.6 Å². The van der Waals surface area contributed by atoms with Gasteiger partial charge in [0.15, 0.2) is 0 Å². The van der Waals surface area contributed by atoms with Crippen molar-refractivity contribution in [3.63, 3.8) is 0 Å². The Hall–Kier alpha value is -0.493. The minimum atomic E-state index is -7.91. The predicted octanol–water partition coefficient (Wildman–Crippen LogP) is 0.993. The van der Waals surface area contributed by atoms with Crippen LogP contribution in [0.3, 0.4) is 0 Å². The average molecular weight is 458 g/mol. The third kappa shape index (κ3) is 5.35. The second-order valence-electron chi connectivity index (χ2n) is 4.98. The smallest absolute Gasteiger partial charge is 0.550 e. The number of hydrogen-bond donors (Lipinski definition) is 0. The van der Waals surface area contributed by atoms with Crippen molar-refractivity contribution in [1.82, 2.24) is 0 Å². The van der Waals surface area contributed by atoms with Gasteiger partial charge in [0.1, 0.15) is 0 Å². The van der Waals surface area contributed by atoms with E-state index in [1.54, 1.807) is 0 Å². The number of rotatable bonds is 10. The molecule has 162 valence electrons. The minimum absolute atomic E-state index is 0. The number of aliphatic carboxylic acids is 1. The van der Waals surface area contributed by atoms with Gasteiger partial charge < -0.3 is 9.90 Å². The van der Waals surface area contributed by atoms with Gasteiger partial charge >= 0.3 is 54.6 Å². The van der Waals surface area contributed by atoms with Crippen molar-refractivity contribution in [3.05, 3.63) is 0 Å². The van der Waals surface area contributed by atoms with Gasteiger partial charge in [-0.3, -0.25) is 0 Å². The van der Waals surface area contributed by atoms with E-state index in [1.165, 1.54) is 0 Å². The molecule has 0 aliphatic rings. The molecule has 0 fully saturated rings. The van der Waals surface area contributed by atoms with E-state index in [4.69, 9.17) is 0 Å². The molecule has 2 nitrogen and oxygen atoms in total. The van der Waals surface area contributed by atoms with Gasteiger partial charge in [0.25, 0.3) is 0 Å². The number of carboxylic acids is 1. The zero-order valence-electron chi connectivity index (χ0n) is 13.5. The van der Waals surface area contributed by atoms with Gasteiger partial charge in [0.05, 0.1) is 0 Å². The average Bonchev–Trinajstić information content (AvgIpc) is 2.44. The second-order valence-corrected chi connectivity index (χ2v) is 6.21. The monoisotopic (exact) mass is 458 g/mol. The molecule has 0 atom stereocenters. The second kappa shape index (κ2) is 9.11. The van der Waals surface area contributed by atoms with Crippen LogP contribution in [0.5, 0.6) is 0 Å². The first-order chi connectivity index (χ1) is 11.7. The molecule has 0 heterocycles. The van der Waals surface area contributed by atoms with Crippen LogP contribution in [0.4, 0.5) is 57.1 Å². The van der Waals surface area contributed by atoms with E-state index in [1.807, 2.05) is 0 Å². The van der Waals surface area contributed by atoms with Crippen molar-refractivity contribution in [1.29, 1.82) is 0 Å². The Morgan fingerprint density at radius 2 is 1.07 bits per heavy atom. The van der Waals surface area contributed by atoms with Crippen LogP contribution >= 0.6 is 11.8 Å². The van der Waals surface area contributed by atoms with Gasteiger partial charge in [-0.25, -0.2) is 0 Å². The van der Waals surface area contributed by atoms with Crippen LogP contribution in [0.15, 0.2) is 0 Å². The first-order valence-electron chi connectivity index (χ1n) is 6.40. The van der Waals surface area contributed by atoms with Gasteiger partial charge in [-0.2, -0.15) is 68.8 Å². The van der Waals surface area contributed by atoms with E-state index < -0.39 is 66.1 Å². The number of hydrogen-bond acceptors (Lipinski definition) is 3. The van der Waals surface area contributed by atoms with Gasteiger partial charge in [0, 0.05) is 12.4 Å². The quantitative estimate of drug-likeness (QED) is 0.279. The van der Waals surface area contributed by atoms with E-state index in [0.29, 0.717) is 0 Å². The summed E-state index contributed by atoms with van der Waals surface area (Å²) in [6.07, 6.45) is -10.6. The van der Waals surface area contributed by atoms with E-state index in [0.717, 1.165) is 0 Å². The topological polar surface area (TPSA) is 40.1 Å². The maximum Gasteiger partial charge on any atom is 1.00 e. The van der Waals surface area contributed by atoms with Crippen molar-refractivity contribution < 1.29 is 85.8 Å². The molecule has 0 unspecified atom stereocenters. The summed E-state index contributed by atoms with van der Waals surface area (Å²) in [5, 5.41) is 10.00. The van der Waals surface area contributed by atoms with Crippen molar-refractivity contribution >= 4 is 17.7 Å². The van der Waals surface area contributed by atoms with E-state index in [2.05, 4.69) is 0 Å². The molecule has 0 bridgehead atoms. The van der Waals surface area contributed by atoms with Crippen molar-refractivity contribution in [2.24, 2.45) is 0 Å². The van der Waals surface area contributed by atoms with Crippen LogP contribution in [-0.2, 0) is 4.79 Å². The van der Waals surface area contributed by atoms with E-state index >= 15 is 0 Å². The Bertz CT molecular complexity index is 535. The number of carboxylic acid groups (broad SMARTS) is 1. The molecule has 0 radical (unpaired) electrons. The van der Waals surface area contributed by atoms with Crippen LogP contribution in [0.1, 0.15) is 12.8 Å². The SMILES string of the molecule is O=C([O-])CCSCCC(F)(F)C(F)(F)C(F)(F)C(F)(F)C(F)(F)C(F)(F)F.[Li+]. The minimum Gasteiger partial charge on any atom is -0.550 e. The summed E-state index contributed by atoms with van der Waals surface area (Å²) in [6.45, 7) is 0. The number of halogens is 13. The molecule has 0 N–H and O–H groups in total. The molecule has 0 rings (SSSR count). The zero-order chi connectivity index (χ0) is 22.1. The molecule has 0 aromatic heterocycles. The Kier molecular flexibility index (Phi) is 9.67. The number of carbonyl (C=O) groups is 1. The van der Waals surface area contributed by atoms with Crippen LogP contribution in [0.25, 0.3) is 0 Å². The summed E-state index contributed by atoms with van der Waals surface area (Å²) in [6, 6.07) is 0. The summed E-state index contributed by atoms with van der Waals surface area (Å²) in [5.74, 6) is -40.3. The zero-order valence-corrected chi connectivity index (χ0v) is 14.3. The Labute approximate surface area is 164 Å². The van der Waals surface area contributed by atoms with Crippen molar-refractivity contribution in [2.75, 3.05) is 11.5 Å². The van der Waals surface area contributed by atoms with Gasteiger partial charge in [0.2, 0.25) is 0 Å². The molecule has 0 aromatic rings. The molecule has 0 amide bonds. The van der Waals surface area contributed by atoms with Crippen LogP contribution in [0, 0.1) is 0 Å². The Balaban J connectivity index is 0. The van der Waals surface area contributed by atoms with Gasteiger partial charge in [-0.1, -0.05) is 0 Å². The summed E-state index contributed by atoms with van der Waals surface area (Å²) in [4.78, 5) is 10.00. The largest absolute Gasteiger partial charge is 1.00 e. The fourth-order valence-corrected chi connectivity index (χ4v) is 2.33. The van der Waals surface area contributed by atoms with Crippen LogP contribution in [0.2, 0.25) is 0 Å². The van der Waals surface area contributed by atoms with Gasteiger partial charge in [-0.05, 0) is 17.9 Å². The molecule has 0 aliphatic carbocycles. The molecule has 0 saturated carbocycles. The fourth-order valence-electron chi connectivity index (χ4n) is 1.42. The Morgan fingerprint density at radius 3 is 1.43 bits per heavy atom. The van der Waals surface area contributed by atoms with Crippen molar-refractivity contribution in [3.8, 4) is 0 Å². The third-order valence-corrected chi connectivity index (χ3v) is 3.99. The molecular weight excluding hydrogens is 450 g/mol. The molecule has 0 saturated heterocycles. The molecular formula is C11H8F13LiO2S. The molecule has 0 aromatic carbocycles. The fraction of sp³-hybridized carbons (Fsp3) is 0.909. The first kappa shape index (κ1) is 29.7. The molecule has 28 heavy (non-hydrogen) atoms. The summed E-state index contributed by atoms with van der Waals surface area (Å²) < 4.78 is 166. The molecule has 0 spiro atoms. The number of carbonyl (C=O) groups excluding carboxylic acids is 1. The van der Waals surface area contributed by atoms with Crippen LogP contribution < -0.4 is 24.0 Å². The summed E-state index contributed by atoms with van der Waals surface area (Å²) in [7, 11) is 0. The third-order valence-electron chi connectivity index (χ3n) is 3.01. The van der Waals surface area contributed by atoms with Gasteiger partial charge in [-0.15, -0.1) is 0 Å². The Morgan fingerprint density at radius 1 is 0.679 bits per heavy atom. The van der Waals surface area contributed by atoms with E-state index in [9.17, 15) is 67.0 Å². The summed E-state index contributed by atoms with van der Waals surface area (Å²) >= 11 is 0.158. The number of thioether (sulfide) groups is 1. The predicted molar refractivity (Wildman–Crippen MR) is 62.4 cm³/mol. The molecule has 0 aliphatic heterocycles. The maximum absolute atomic E-state index is 13.3. The standard InChI is InChI=1S/C11H9F13O2S.Li/c12-6(13,2-4-27-3-1-5(25)26)7(14,15)8(16,17)9(18,19)10(20,21)11(22,23)24;/h1-4H2,(H,25,26);/q;+1/p-1. The molecule has 17 heteroatoms. The maximum atomic E-state index is 13.3. The first-order valence-corrected chi connectivity index (χ1v) is 7.55. The number of alkyl halides is 13. The van der Waals surface area contributed by atoms with Crippen LogP contribution in [-0.4, -0.2) is 53.3 Å². The summed E-state index contributed by atoms with van der Waals surface area (Å²) in [5.41, 5.74) is 0. The normalized spacial score (nSPS) is 14.6.